The first kappa shape index (κ1) is 21.1. The lowest BCUT2D eigenvalue weighted by atomic mass is 10.2. The third-order valence-electron chi connectivity index (χ3n) is 5.02. The molecule has 0 radical (unpaired) electrons. The third kappa shape index (κ3) is 5.52. The zero-order chi connectivity index (χ0) is 21.8. The number of hydrogen-bond acceptors (Lipinski definition) is 5. The Labute approximate surface area is 185 Å². The van der Waals surface area contributed by atoms with E-state index in [-0.39, 0.29) is 24.1 Å². The van der Waals surface area contributed by atoms with E-state index in [1.54, 1.807) is 7.05 Å². The molecule has 31 heavy (non-hydrogen) atoms. The van der Waals surface area contributed by atoms with Crippen LogP contribution in [0.3, 0.4) is 0 Å². The monoisotopic (exact) mass is 435 g/mol. The van der Waals surface area contributed by atoms with Crippen molar-refractivity contribution in [3.05, 3.63) is 66.0 Å². The summed E-state index contributed by atoms with van der Waals surface area (Å²) in [5.74, 6) is 1.19. The highest BCUT2D eigenvalue weighted by Crippen LogP contribution is 2.40. The van der Waals surface area contributed by atoms with Gasteiger partial charge in [0.1, 0.15) is 5.82 Å². The Balaban J connectivity index is 1.33. The summed E-state index contributed by atoms with van der Waals surface area (Å²) in [6.45, 7) is 1.98. The van der Waals surface area contributed by atoms with Crippen molar-refractivity contribution in [1.82, 2.24) is 19.7 Å². The first-order chi connectivity index (χ1) is 15.0. The molecule has 2 amide bonds. The van der Waals surface area contributed by atoms with Crippen LogP contribution in [0.25, 0.3) is 5.69 Å². The Morgan fingerprint density at radius 2 is 1.84 bits per heavy atom. The van der Waals surface area contributed by atoms with Crippen LogP contribution in [-0.4, -0.2) is 50.8 Å². The molecule has 7 nitrogen and oxygen atoms in total. The first-order valence-electron chi connectivity index (χ1n) is 10.3. The SMILES string of the molecule is Cc1ccc(NC(=O)CN(C)C(=O)CSc2nc(C3CC3)n(-c3ccccc3)n2)cc1. The normalized spacial score (nSPS) is 13.1. The predicted octanol–water partition coefficient (Wildman–Crippen LogP) is 3.64. The van der Waals surface area contributed by atoms with Crippen LogP contribution < -0.4 is 5.32 Å². The van der Waals surface area contributed by atoms with Crippen LogP contribution >= 0.6 is 11.8 Å². The van der Waals surface area contributed by atoms with Gasteiger partial charge in [-0.2, -0.15) is 0 Å². The number of benzene rings is 2. The van der Waals surface area contributed by atoms with Gasteiger partial charge in [0.2, 0.25) is 17.0 Å². The minimum absolute atomic E-state index is 0.00746. The topological polar surface area (TPSA) is 80.1 Å². The van der Waals surface area contributed by atoms with Crippen LogP contribution in [-0.2, 0) is 9.59 Å². The zero-order valence-electron chi connectivity index (χ0n) is 17.6. The average Bonchev–Trinajstić information content (AvgIpc) is 3.53. The van der Waals surface area contributed by atoms with Crippen molar-refractivity contribution in [3.63, 3.8) is 0 Å². The van der Waals surface area contributed by atoms with Crippen molar-refractivity contribution in [2.45, 2.75) is 30.8 Å². The van der Waals surface area contributed by atoms with Crippen LogP contribution in [0.2, 0.25) is 0 Å². The largest absolute Gasteiger partial charge is 0.336 e. The summed E-state index contributed by atoms with van der Waals surface area (Å²) in [7, 11) is 1.63. The van der Waals surface area contributed by atoms with Crippen molar-refractivity contribution in [2.24, 2.45) is 0 Å². The number of para-hydroxylation sites is 1. The Morgan fingerprint density at radius 3 is 2.52 bits per heavy atom. The number of rotatable bonds is 8. The molecule has 160 valence electrons. The Bertz CT molecular complexity index is 1060. The number of hydrogen-bond donors (Lipinski definition) is 1. The van der Waals surface area contributed by atoms with Crippen LogP contribution in [0.1, 0.15) is 30.1 Å². The van der Waals surface area contributed by atoms with Gasteiger partial charge in [0.15, 0.2) is 0 Å². The van der Waals surface area contributed by atoms with E-state index in [1.807, 2.05) is 66.2 Å². The molecule has 1 saturated carbocycles. The fraction of sp³-hybridized carbons (Fsp3) is 0.304. The predicted molar refractivity (Wildman–Crippen MR) is 122 cm³/mol. The molecule has 1 heterocycles. The number of anilines is 1. The van der Waals surface area contributed by atoms with Crippen molar-refractivity contribution in [3.8, 4) is 5.69 Å². The molecule has 4 rings (SSSR count). The minimum atomic E-state index is -0.229. The lowest BCUT2D eigenvalue weighted by molar-refractivity contribution is -0.131. The molecule has 0 bridgehead atoms. The Hall–Kier alpha value is -3.13. The van der Waals surface area contributed by atoms with Gasteiger partial charge in [-0.25, -0.2) is 9.67 Å². The molecule has 0 spiro atoms. The maximum Gasteiger partial charge on any atom is 0.243 e. The average molecular weight is 436 g/mol. The maximum atomic E-state index is 12.5. The summed E-state index contributed by atoms with van der Waals surface area (Å²) >= 11 is 1.30. The molecule has 8 heteroatoms. The van der Waals surface area contributed by atoms with Gasteiger partial charge in [-0.1, -0.05) is 47.7 Å². The third-order valence-corrected chi connectivity index (χ3v) is 5.85. The van der Waals surface area contributed by atoms with E-state index in [4.69, 9.17) is 0 Å². The number of likely N-dealkylation sites (N-methyl/N-ethyl adjacent to an activating group) is 1. The fourth-order valence-electron chi connectivity index (χ4n) is 3.11. The van der Waals surface area contributed by atoms with Gasteiger partial charge in [-0.3, -0.25) is 9.59 Å². The summed E-state index contributed by atoms with van der Waals surface area (Å²) in [5, 5.41) is 8.00. The molecule has 0 saturated heterocycles. The summed E-state index contributed by atoms with van der Waals surface area (Å²) in [5.41, 5.74) is 2.81. The molecule has 1 aliphatic rings. The molecule has 1 N–H and O–H groups in total. The van der Waals surface area contributed by atoms with Crippen molar-refractivity contribution < 1.29 is 9.59 Å². The van der Waals surface area contributed by atoms with E-state index in [2.05, 4.69) is 15.4 Å². The van der Waals surface area contributed by atoms with Gasteiger partial charge >= 0.3 is 0 Å². The molecule has 2 aromatic carbocycles. The van der Waals surface area contributed by atoms with E-state index < -0.39 is 0 Å². The van der Waals surface area contributed by atoms with E-state index in [0.29, 0.717) is 16.8 Å². The highest BCUT2D eigenvalue weighted by molar-refractivity contribution is 7.99. The molecule has 0 aliphatic heterocycles. The first-order valence-corrected chi connectivity index (χ1v) is 11.2. The number of nitrogens with one attached hydrogen (secondary N) is 1. The lowest BCUT2D eigenvalue weighted by Crippen LogP contribution is -2.35. The molecule has 1 fully saturated rings. The second-order valence-corrected chi connectivity index (χ2v) is 8.67. The lowest BCUT2D eigenvalue weighted by Gasteiger charge is -2.16. The minimum Gasteiger partial charge on any atom is -0.336 e. The Morgan fingerprint density at radius 1 is 1.13 bits per heavy atom. The highest BCUT2D eigenvalue weighted by Gasteiger charge is 2.30. The number of aryl methyl sites for hydroxylation is 1. The van der Waals surface area contributed by atoms with Crippen LogP contribution in [0.15, 0.2) is 59.8 Å². The van der Waals surface area contributed by atoms with Gasteiger partial charge in [0, 0.05) is 18.7 Å². The number of amides is 2. The standard InChI is InChI=1S/C23H25N5O2S/c1-16-8-12-18(13-9-16)24-20(29)14-27(2)21(30)15-31-23-25-22(17-10-11-17)28(26-23)19-6-4-3-5-7-19/h3-9,12-13,17H,10-11,14-15H2,1-2H3,(H,24,29). The van der Waals surface area contributed by atoms with E-state index in [1.165, 1.54) is 16.7 Å². The second-order valence-electron chi connectivity index (χ2n) is 7.73. The van der Waals surface area contributed by atoms with Crippen LogP contribution in [0.5, 0.6) is 0 Å². The van der Waals surface area contributed by atoms with Crippen LogP contribution in [0, 0.1) is 6.92 Å². The summed E-state index contributed by atoms with van der Waals surface area (Å²) in [6, 6.07) is 17.5. The van der Waals surface area contributed by atoms with E-state index >= 15 is 0 Å². The number of carbonyl (C=O) groups excluding carboxylic acids is 2. The molecule has 1 aliphatic carbocycles. The van der Waals surface area contributed by atoms with Crippen LogP contribution in [0.4, 0.5) is 5.69 Å². The number of nitrogens with zero attached hydrogens (tertiary/aromatic N) is 4. The van der Waals surface area contributed by atoms with Gasteiger partial charge < -0.3 is 10.2 Å². The summed E-state index contributed by atoms with van der Waals surface area (Å²) in [4.78, 5) is 30.8. The Kier molecular flexibility index (Phi) is 6.36. The smallest absolute Gasteiger partial charge is 0.243 e. The fourth-order valence-corrected chi connectivity index (χ4v) is 3.88. The number of carbonyl (C=O) groups is 2. The van der Waals surface area contributed by atoms with Gasteiger partial charge in [0.25, 0.3) is 0 Å². The van der Waals surface area contributed by atoms with Crippen molar-refractivity contribution in [2.75, 3.05) is 24.7 Å². The van der Waals surface area contributed by atoms with E-state index in [0.717, 1.165) is 29.9 Å². The van der Waals surface area contributed by atoms with Gasteiger partial charge in [0.05, 0.1) is 18.0 Å². The zero-order valence-corrected chi connectivity index (χ0v) is 18.4. The molecular weight excluding hydrogens is 410 g/mol. The summed E-state index contributed by atoms with van der Waals surface area (Å²) in [6.07, 6.45) is 2.24. The van der Waals surface area contributed by atoms with Gasteiger partial charge in [-0.15, -0.1) is 5.10 Å². The van der Waals surface area contributed by atoms with Crippen molar-refractivity contribution >= 4 is 29.3 Å². The number of aromatic nitrogens is 3. The quantitative estimate of drug-likeness (QED) is 0.547. The second kappa shape index (κ2) is 9.34. The van der Waals surface area contributed by atoms with Gasteiger partial charge in [-0.05, 0) is 44.0 Å². The van der Waals surface area contributed by atoms with E-state index in [9.17, 15) is 9.59 Å². The molecule has 1 aromatic heterocycles. The molecule has 3 aromatic rings. The van der Waals surface area contributed by atoms with Crippen molar-refractivity contribution in [1.29, 1.82) is 0 Å². The molecular formula is C23H25N5O2S. The summed E-state index contributed by atoms with van der Waals surface area (Å²) < 4.78 is 1.88. The highest BCUT2D eigenvalue weighted by atomic mass is 32.2. The molecule has 0 unspecified atom stereocenters. The number of thioether (sulfide) groups is 1. The molecule has 0 atom stereocenters. The maximum absolute atomic E-state index is 12.5.